The lowest BCUT2D eigenvalue weighted by Gasteiger charge is -2.40. The van der Waals surface area contributed by atoms with E-state index in [2.05, 4.69) is 39.7 Å². The molecular weight excluding hydrogens is 385 g/mol. The lowest BCUT2D eigenvalue weighted by atomic mass is 10.0. The molecule has 0 atom stereocenters. The van der Waals surface area contributed by atoms with Crippen molar-refractivity contribution >= 4 is 28.7 Å². The average Bonchev–Trinajstić information content (AvgIpc) is 2.41. The molecule has 1 amide bonds. The van der Waals surface area contributed by atoms with E-state index in [0.29, 0.717) is 0 Å². The number of ether oxygens (including phenoxy) is 2. The van der Waals surface area contributed by atoms with Crippen molar-refractivity contribution in [1.82, 2.24) is 5.32 Å². The average molecular weight is 401 g/mol. The van der Waals surface area contributed by atoms with E-state index < -0.39 is 17.4 Å². The van der Waals surface area contributed by atoms with Crippen LogP contribution in [0.1, 0.15) is 19.4 Å². The second-order valence-corrected chi connectivity index (χ2v) is 6.49. The molecule has 2 N–H and O–H groups in total. The normalized spacial score (nSPS) is 19.2. The lowest BCUT2D eigenvalue weighted by Crippen LogP contribution is -2.60. The molecule has 0 aliphatic carbocycles. The van der Waals surface area contributed by atoms with E-state index in [1.807, 2.05) is 24.3 Å². The molecule has 0 saturated carbocycles. The monoisotopic (exact) mass is 401 g/mol. The van der Waals surface area contributed by atoms with Crippen molar-refractivity contribution in [3.05, 3.63) is 33.4 Å². The van der Waals surface area contributed by atoms with Crippen molar-refractivity contribution in [3.63, 3.8) is 0 Å². The summed E-state index contributed by atoms with van der Waals surface area (Å²) in [5.41, 5.74) is -0.239. The van der Waals surface area contributed by atoms with E-state index in [-0.39, 0.29) is 13.2 Å². The standard InChI is InChI=1S/C15H16INO4/c1-14(2)20-9-15(10-21-14,17-13(18)19)8-7-11-3-5-12(16)6-4-11/h3-6,17H,9-10H2,1-2H3,(H,18,19). The van der Waals surface area contributed by atoms with E-state index in [9.17, 15) is 4.79 Å². The number of nitrogens with one attached hydrogen (secondary N) is 1. The van der Waals surface area contributed by atoms with Crippen LogP contribution in [0.3, 0.4) is 0 Å². The van der Waals surface area contributed by atoms with Crippen molar-refractivity contribution in [2.24, 2.45) is 0 Å². The van der Waals surface area contributed by atoms with E-state index in [1.165, 1.54) is 0 Å². The van der Waals surface area contributed by atoms with Gasteiger partial charge in [-0.05, 0) is 60.7 Å². The Balaban J connectivity index is 2.22. The number of halogens is 1. The van der Waals surface area contributed by atoms with Gasteiger partial charge in [0.1, 0.15) is 0 Å². The highest BCUT2D eigenvalue weighted by atomic mass is 127. The maximum atomic E-state index is 11.0. The molecule has 5 nitrogen and oxygen atoms in total. The number of carbonyl (C=O) groups is 1. The van der Waals surface area contributed by atoms with E-state index in [1.54, 1.807) is 13.8 Å². The fourth-order valence-corrected chi connectivity index (χ4v) is 2.14. The Morgan fingerprint density at radius 3 is 2.38 bits per heavy atom. The minimum Gasteiger partial charge on any atom is -0.465 e. The Labute approximate surface area is 137 Å². The molecular formula is C15H16INO4. The zero-order valence-corrected chi connectivity index (χ0v) is 13.9. The van der Waals surface area contributed by atoms with Crippen LogP contribution in [0.25, 0.3) is 0 Å². The van der Waals surface area contributed by atoms with Crippen LogP contribution in [0, 0.1) is 15.4 Å². The molecule has 0 aromatic heterocycles. The molecule has 0 unspecified atom stereocenters. The molecule has 1 fully saturated rings. The van der Waals surface area contributed by atoms with Crippen molar-refractivity contribution in [1.29, 1.82) is 0 Å². The molecule has 0 spiro atoms. The molecule has 21 heavy (non-hydrogen) atoms. The van der Waals surface area contributed by atoms with Crippen molar-refractivity contribution in [2.75, 3.05) is 13.2 Å². The molecule has 2 rings (SSSR count). The quantitative estimate of drug-likeness (QED) is 0.561. The van der Waals surface area contributed by atoms with E-state index >= 15 is 0 Å². The predicted molar refractivity (Wildman–Crippen MR) is 85.9 cm³/mol. The zero-order chi connectivity index (χ0) is 15.5. The molecule has 6 heteroatoms. The summed E-state index contributed by atoms with van der Waals surface area (Å²) in [5, 5.41) is 11.4. The molecule has 1 heterocycles. The van der Waals surface area contributed by atoms with Gasteiger partial charge in [0.2, 0.25) is 0 Å². The highest BCUT2D eigenvalue weighted by Gasteiger charge is 2.40. The highest BCUT2D eigenvalue weighted by molar-refractivity contribution is 14.1. The smallest absolute Gasteiger partial charge is 0.406 e. The fourth-order valence-electron chi connectivity index (χ4n) is 1.78. The Kier molecular flexibility index (Phi) is 4.76. The summed E-state index contributed by atoms with van der Waals surface area (Å²) in [6.45, 7) is 3.85. The first-order valence-corrected chi connectivity index (χ1v) is 7.46. The fraction of sp³-hybridized carbons (Fsp3) is 0.400. The summed E-state index contributed by atoms with van der Waals surface area (Å²) in [5.74, 6) is 5.19. The summed E-state index contributed by atoms with van der Waals surface area (Å²) in [6.07, 6.45) is -1.15. The lowest BCUT2D eigenvalue weighted by molar-refractivity contribution is -0.262. The Morgan fingerprint density at radius 1 is 1.29 bits per heavy atom. The third-order valence-corrected chi connectivity index (χ3v) is 3.69. The number of hydrogen-bond donors (Lipinski definition) is 2. The number of hydrogen-bond acceptors (Lipinski definition) is 3. The number of carboxylic acid groups (broad SMARTS) is 1. The molecule has 1 aliphatic heterocycles. The maximum absolute atomic E-state index is 11.0. The van der Waals surface area contributed by atoms with Crippen LogP contribution in [0.15, 0.2) is 24.3 Å². The van der Waals surface area contributed by atoms with E-state index in [0.717, 1.165) is 9.13 Å². The van der Waals surface area contributed by atoms with Crippen molar-refractivity contribution in [3.8, 4) is 11.8 Å². The maximum Gasteiger partial charge on any atom is 0.406 e. The Hall–Kier alpha value is -1.30. The molecule has 1 aromatic carbocycles. The summed E-state index contributed by atoms with van der Waals surface area (Å²) >= 11 is 2.21. The predicted octanol–water partition coefficient (Wildman–Crippen LogP) is 2.43. The van der Waals surface area contributed by atoms with Crippen LogP contribution in [0.2, 0.25) is 0 Å². The third kappa shape index (κ3) is 4.59. The minimum absolute atomic E-state index is 0.143. The molecule has 0 bridgehead atoms. The van der Waals surface area contributed by atoms with Crippen LogP contribution >= 0.6 is 22.6 Å². The van der Waals surface area contributed by atoms with Gasteiger partial charge in [0.25, 0.3) is 0 Å². The van der Waals surface area contributed by atoms with Crippen LogP contribution < -0.4 is 5.32 Å². The number of rotatable bonds is 1. The first-order chi connectivity index (χ1) is 9.80. The van der Waals surface area contributed by atoms with Gasteiger partial charge >= 0.3 is 6.09 Å². The van der Waals surface area contributed by atoms with Gasteiger partial charge in [-0.25, -0.2) is 4.79 Å². The zero-order valence-electron chi connectivity index (χ0n) is 11.8. The molecule has 112 valence electrons. The third-order valence-electron chi connectivity index (χ3n) is 2.97. The van der Waals surface area contributed by atoms with E-state index in [4.69, 9.17) is 14.6 Å². The molecule has 0 radical (unpaired) electrons. The van der Waals surface area contributed by atoms with Gasteiger partial charge in [0.05, 0.1) is 13.2 Å². The van der Waals surface area contributed by atoms with Crippen LogP contribution in [0.4, 0.5) is 4.79 Å². The molecule has 1 aliphatic rings. The van der Waals surface area contributed by atoms with Gasteiger partial charge < -0.3 is 19.9 Å². The first-order valence-electron chi connectivity index (χ1n) is 6.38. The number of benzene rings is 1. The van der Waals surface area contributed by atoms with Gasteiger partial charge in [-0.3, -0.25) is 0 Å². The highest BCUT2D eigenvalue weighted by Crippen LogP contribution is 2.23. The Bertz CT molecular complexity index is 576. The largest absolute Gasteiger partial charge is 0.465 e. The second-order valence-electron chi connectivity index (χ2n) is 5.25. The van der Waals surface area contributed by atoms with Crippen LogP contribution in [-0.2, 0) is 9.47 Å². The Morgan fingerprint density at radius 2 is 1.86 bits per heavy atom. The second kappa shape index (κ2) is 6.22. The first kappa shape index (κ1) is 16.1. The van der Waals surface area contributed by atoms with Gasteiger partial charge in [-0.2, -0.15) is 0 Å². The summed E-state index contributed by atoms with van der Waals surface area (Å²) in [6, 6.07) is 7.66. The van der Waals surface area contributed by atoms with Gasteiger partial charge in [0.15, 0.2) is 11.3 Å². The van der Waals surface area contributed by atoms with Crippen molar-refractivity contribution in [2.45, 2.75) is 25.2 Å². The van der Waals surface area contributed by atoms with Crippen molar-refractivity contribution < 1.29 is 19.4 Å². The van der Waals surface area contributed by atoms with Gasteiger partial charge in [-0.1, -0.05) is 11.8 Å². The van der Waals surface area contributed by atoms with Crippen LogP contribution in [-0.4, -0.2) is 35.7 Å². The van der Waals surface area contributed by atoms with Crippen LogP contribution in [0.5, 0.6) is 0 Å². The molecule has 1 saturated heterocycles. The van der Waals surface area contributed by atoms with Gasteiger partial charge in [0, 0.05) is 9.13 Å². The topological polar surface area (TPSA) is 67.8 Å². The SMILES string of the molecule is CC1(C)OCC(C#Cc2ccc(I)cc2)(NC(=O)O)CO1. The number of amides is 1. The summed E-state index contributed by atoms with van der Waals surface area (Å²) in [4.78, 5) is 11.0. The van der Waals surface area contributed by atoms with Gasteiger partial charge in [-0.15, -0.1) is 0 Å². The summed E-state index contributed by atoms with van der Waals surface area (Å²) < 4.78 is 12.2. The minimum atomic E-state index is -1.15. The molecule has 1 aromatic rings. The summed E-state index contributed by atoms with van der Waals surface area (Å²) in [7, 11) is 0.